The molecule has 0 bridgehead atoms. The summed E-state index contributed by atoms with van der Waals surface area (Å²) in [5, 5.41) is 3.79. The predicted octanol–water partition coefficient (Wildman–Crippen LogP) is 4.09. The molecule has 0 atom stereocenters. The van der Waals surface area contributed by atoms with Gasteiger partial charge < -0.3 is 14.8 Å². The fourth-order valence-corrected chi connectivity index (χ4v) is 2.23. The van der Waals surface area contributed by atoms with Gasteiger partial charge >= 0.3 is 0 Å². The van der Waals surface area contributed by atoms with Gasteiger partial charge in [0.2, 0.25) is 0 Å². The van der Waals surface area contributed by atoms with Crippen LogP contribution in [0.4, 0.5) is 0 Å². The lowest BCUT2D eigenvalue weighted by Crippen LogP contribution is -2.14. The molecule has 0 aliphatic heterocycles. The Morgan fingerprint density at radius 1 is 1.47 bits per heavy atom. The second-order valence-corrected chi connectivity index (χ2v) is 5.48. The smallest absolute Gasteiger partial charge is 0.175 e. The minimum absolute atomic E-state index is 0.254. The number of hydrogen-bond donors (Lipinski definition) is 1. The topological polar surface area (TPSA) is 30.5 Å². The molecule has 0 unspecified atom stereocenters. The Kier molecular flexibility index (Phi) is 7.28. The van der Waals surface area contributed by atoms with Crippen LogP contribution in [-0.2, 0) is 6.54 Å². The van der Waals surface area contributed by atoms with E-state index < -0.39 is 0 Å². The van der Waals surface area contributed by atoms with Gasteiger partial charge in [-0.2, -0.15) is 0 Å². The molecule has 0 amide bonds. The van der Waals surface area contributed by atoms with Crippen molar-refractivity contribution in [3.05, 3.63) is 33.8 Å². The molecular formula is C14H19BrClNO2. The zero-order chi connectivity index (χ0) is 14.3. The van der Waals surface area contributed by atoms with Crippen molar-refractivity contribution in [3.63, 3.8) is 0 Å². The molecule has 1 aromatic carbocycles. The second-order valence-electron chi connectivity index (χ2n) is 4.09. The van der Waals surface area contributed by atoms with E-state index in [1.165, 1.54) is 0 Å². The second kappa shape index (κ2) is 8.46. The normalized spacial score (nSPS) is 10.3. The number of hydrogen-bond acceptors (Lipinski definition) is 3. The number of benzene rings is 1. The van der Waals surface area contributed by atoms with Crippen LogP contribution < -0.4 is 14.8 Å². The van der Waals surface area contributed by atoms with Gasteiger partial charge in [0, 0.05) is 11.6 Å². The van der Waals surface area contributed by atoms with Gasteiger partial charge in [-0.1, -0.05) is 25.1 Å². The Bertz CT molecular complexity index is 438. The van der Waals surface area contributed by atoms with Gasteiger partial charge in [-0.05, 0) is 46.6 Å². The largest absolute Gasteiger partial charge is 0.493 e. The standard InChI is InChI=1S/C14H19BrClNO2/c1-4-5-17-8-11-6-12(15)14(13(7-11)18-3)19-9-10(2)16/h6-7,17H,2,4-5,8-9H2,1,3H3. The van der Waals surface area contributed by atoms with Crippen LogP contribution in [0.5, 0.6) is 11.5 Å². The lowest BCUT2D eigenvalue weighted by atomic mass is 10.2. The Morgan fingerprint density at radius 3 is 2.79 bits per heavy atom. The van der Waals surface area contributed by atoms with Crippen LogP contribution in [-0.4, -0.2) is 20.3 Å². The van der Waals surface area contributed by atoms with Crippen LogP contribution in [0.15, 0.2) is 28.2 Å². The number of nitrogens with one attached hydrogen (secondary N) is 1. The van der Waals surface area contributed by atoms with Crippen molar-refractivity contribution in [2.24, 2.45) is 0 Å². The number of halogens is 2. The monoisotopic (exact) mass is 347 g/mol. The third kappa shape index (κ3) is 5.43. The van der Waals surface area contributed by atoms with Crippen molar-refractivity contribution in [1.82, 2.24) is 5.32 Å². The van der Waals surface area contributed by atoms with E-state index in [2.05, 4.69) is 34.7 Å². The molecule has 106 valence electrons. The molecule has 3 nitrogen and oxygen atoms in total. The fraction of sp³-hybridized carbons (Fsp3) is 0.429. The SMILES string of the molecule is C=C(Cl)COc1c(Br)cc(CNCCC)cc1OC. The predicted molar refractivity (Wildman–Crippen MR) is 83.2 cm³/mol. The summed E-state index contributed by atoms with van der Waals surface area (Å²) in [5.74, 6) is 1.32. The zero-order valence-electron chi connectivity index (χ0n) is 11.3. The molecule has 1 rings (SSSR count). The zero-order valence-corrected chi connectivity index (χ0v) is 13.6. The lowest BCUT2D eigenvalue weighted by Gasteiger charge is -2.14. The highest BCUT2D eigenvalue weighted by molar-refractivity contribution is 9.10. The van der Waals surface area contributed by atoms with Crippen molar-refractivity contribution >= 4 is 27.5 Å². The molecule has 0 fully saturated rings. The maximum Gasteiger partial charge on any atom is 0.175 e. The Hall–Kier alpha value is -0.710. The van der Waals surface area contributed by atoms with Crippen LogP contribution in [0.25, 0.3) is 0 Å². The lowest BCUT2D eigenvalue weighted by molar-refractivity contribution is 0.322. The van der Waals surface area contributed by atoms with Crippen molar-refractivity contribution < 1.29 is 9.47 Å². The summed E-state index contributed by atoms with van der Waals surface area (Å²) >= 11 is 9.20. The van der Waals surface area contributed by atoms with Crippen molar-refractivity contribution in [2.45, 2.75) is 19.9 Å². The summed E-state index contributed by atoms with van der Waals surface area (Å²) in [6, 6.07) is 3.97. The van der Waals surface area contributed by atoms with E-state index >= 15 is 0 Å². The van der Waals surface area contributed by atoms with Crippen molar-refractivity contribution in [1.29, 1.82) is 0 Å². The van der Waals surface area contributed by atoms with Crippen molar-refractivity contribution in [2.75, 3.05) is 20.3 Å². The fourth-order valence-electron chi connectivity index (χ4n) is 1.58. The number of methoxy groups -OCH3 is 1. The third-order valence-corrected chi connectivity index (χ3v) is 3.12. The molecule has 5 heteroatoms. The van der Waals surface area contributed by atoms with Crippen LogP contribution >= 0.6 is 27.5 Å². The highest BCUT2D eigenvalue weighted by atomic mass is 79.9. The number of ether oxygens (including phenoxy) is 2. The molecule has 0 saturated heterocycles. The van der Waals surface area contributed by atoms with Crippen molar-refractivity contribution in [3.8, 4) is 11.5 Å². The first-order chi connectivity index (χ1) is 9.08. The highest BCUT2D eigenvalue weighted by Crippen LogP contribution is 2.37. The first kappa shape index (κ1) is 16.3. The quantitative estimate of drug-likeness (QED) is 0.718. The molecule has 0 heterocycles. The average Bonchev–Trinajstić information content (AvgIpc) is 2.37. The van der Waals surface area contributed by atoms with Crippen LogP contribution in [0.1, 0.15) is 18.9 Å². The summed E-state index contributed by atoms with van der Waals surface area (Å²) in [7, 11) is 1.62. The maximum absolute atomic E-state index is 5.71. The van der Waals surface area contributed by atoms with Gasteiger partial charge in [-0.3, -0.25) is 0 Å². The highest BCUT2D eigenvalue weighted by Gasteiger charge is 2.11. The van der Waals surface area contributed by atoms with E-state index in [0.717, 1.165) is 29.5 Å². The van der Waals surface area contributed by atoms with E-state index in [0.29, 0.717) is 16.5 Å². The minimum Gasteiger partial charge on any atom is -0.493 e. The van der Waals surface area contributed by atoms with E-state index in [1.54, 1.807) is 7.11 Å². The van der Waals surface area contributed by atoms with Gasteiger partial charge in [0.1, 0.15) is 6.61 Å². The summed E-state index contributed by atoms with van der Waals surface area (Å²) in [6.07, 6.45) is 1.11. The van der Waals surface area contributed by atoms with Gasteiger partial charge in [0.25, 0.3) is 0 Å². The molecule has 0 aromatic heterocycles. The Balaban J connectivity index is 2.84. The average molecular weight is 349 g/mol. The van der Waals surface area contributed by atoms with E-state index in [4.69, 9.17) is 21.1 Å². The molecule has 0 aliphatic carbocycles. The van der Waals surface area contributed by atoms with Gasteiger partial charge in [0.15, 0.2) is 11.5 Å². The molecule has 1 N–H and O–H groups in total. The molecule has 0 radical (unpaired) electrons. The number of rotatable bonds is 8. The van der Waals surface area contributed by atoms with E-state index in [-0.39, 0.29) is 6.61 Å². The van der Waals surface area contributed by atoms with Crippen LogP contribution in [0.3, 0.4) is 0 Å². The maximum atomic E-state index is 5.71. The van der Waals surface area contributed by atoms with Gasteiger partial charge in [0.05, 0.1) is 11.6 Å². The van der Waals surface area contributed by atoms with E-state index in [1.807, 2.05) is 12.1 Å². The molecule has 0 aliphatic rings. The molecule has 0 saturated carbocycles. The molecule has 1 aromatic rings. The van der Waals surface area contributed by atoms with Gasteiger partial charge in [-0.15, -0.1) is 0 Å². The van der Waals surface area contributed by atoms with E-state index in [9.17, 15) is 0 Å². The molecule has 0 spiro atoms. The third-order valence-electron chi connectivity index (χ3n) is 2.42. The summed E-state index contributed by atoms with van der Waals surface area (Å²) in [4.78, 5) is 0. The summed E-state index contributed by atoms with van der Waals surface area (Å²) < 4.78 is 11.8. The summed E-state index contributed by atoms with van der Waals surface area (Å²) in [5.41, 5.74) is 1.13. The first-order valence-electron chi connectivity index (χ1n) is 6.11. The Labute approximate surface area is 128 Å². The van der Waals surface area contributed by atoms with Crippen LogP contribution in [0.2, 0.25) is 0 Å². The molecule has 19 heavy (non-hydrogen) atoms. The molecular weight excluding hydrogens is 330 g/mol. The summed E-state index contributed by atoms with van der Waals surface area (Å²) in [6.45, 7) is 7.78. The minimum atomic E-state index is 0.254. The van der Waals surface area contributed by atoms with Gasteiger partial charge in [-0.25, -0.2) is 0 Å². The first-order valence-corrected chi connectivity index (χ1v) is 7.28. The Morgan fingerprint density at radius 2 is 2.21 bits per heavy atom. The van der Waals surface area contributed by atoms with Crippen LogP contribution in [0, 0.1) is 0 Å².